The fraction of sp³-hybridized carbons (Fsp3) is 0.353. The molecule has 0 fully saturated rings. The summed E-state index contributed by atoms with van der Waals surface area (Å²) in [6, 6.07) is 3.25. The van der Waals surface area contributed by atoms with E-state index in [9.17, 15) is 9.59 Å². The number of amides is 2. The van der Waals surface area contributed by atoms with Crippen molar-refractivity contribution >= 4 is 45.6 Å². The number of aryl methyl sites for hydroxylation is 1. The molecule has 0 unspecified atom stereocenters. The number of likely N-dealkylation sites (N-methyl/N-ethyl adjacent to an activating group) is 1. The van der Waals surface area contributed by atoms with E-state index in [1.165, 1.54) is 18.4 Å². The van der Waals surface area contributed by atoms with E-state index in [1.807, 2.05) is 7.05 Å². The van der Waals surface area contributed by atoms with Crippen molar-refractivity contribution in [2.24, 2.45) is 0 Å². The first kappa shape index (κ1) is 18.6. The molecule has 0 bridgehead atoms. The lowest BCUT2D eigenvalue weighted by molar-refractivity contribution is -0.133. The van der Waals surface area contributed by atoms with Gasteiger partial charge in [0.1, 0.15) is 5.75 Å². The van der Waals surface area contributed by atoms with E-state index >= 15 is 0 Å². The van der Waals surface area contributed by atoms with Crippen molar-refractivity contribution in [2.75, 3.05) is 31.3 Å². The third-order valence-electron chi connectivity index (χ3n) is 4.08. The van der Waals surface area contributed by atoms with Crippen LogP contribution in [-0.2, 0) is 22.6 Å². The highest BCUT2D eigenvalue weighted by Gasteiger charge is 2.22. The van der Waals surface area contributed by atoms with Crippen LogP contribution in [0.2, 0.25) is 5.02 Å². The van der Waals surface area contributed by atoms with Gasteiger partial charge in [0.25, 0.3) is 0 Å². The first-order valence-corrected chi connectivity index (χ1v) is 9.20. The number of ether oxygens (including phenoxy) is 1. The number of halogens is 1. The smallest absolute Gasteiger partial charge is 0.315 e. The summed E-state index contributed by atoms with van der Waals surface area (Å²) in [7, 11) is 3.50. The number of aromatic nitrogens is 1. The van der Waals surface area contributed by atoms with Gasteiger partial charge in [-0.1, -0.05) is 11.6 Å². The highest BCUT2D eigenvalue weighted by atomic mass is 35.5. The van der Waals surface area contributed by atoms with Gasteiger partial charge in [0.2, 0.25) is 0 Å². The first-order valence-electron chi connectivity index (χ1n) is 8.01. The Labute approximate surface area is 160 Å². The van der Waals surface area contributed by atoms with E-state index in [-0.39, 0.29) is 0 Å². The zero-order valence-corrected chi connectivity index (χ0v) is 16.3. The van der Waals surface area contributed by atoms with Crippen LogP contribution < -0.4 is 15.4 Å². The van der Waals surface area contributed by atoms with Gasteiger partial charge < -0.3 is 15.0 Å². The summed E-state index contributed by atoms with van der Waals surface area (Å²) in [5.41, 5.74) is 2.13. The molecule has 1 aromatic heterocycles. The van der Waals surface area contributed by atoms with Crippen LogP contribution in [0.4, 0.5) is 10.8 Å². The minimum atomic E-state index is -0.796. The van der Waals surface area contributed by atoms with Crippen molar-refractivity contribution in [3.8, 4) is 5.75 Å². The van der Waals surface area contributed by atoms with E-state index in [0.29, 0.717) is 21.6 Å². The average Bonchev–Trinajstić information content (AvgIpc) is 2.99. The topological polar surface area (TPSA) is 83.6 Å². The van der Waals surface area contributed by atoms with Crippen molar-refractivity contribution in [1.29, 1.82) is 0 Å². The van der Waals surface area contributed by atoms with Crippen molar-refractivity contribution in [3.63, 3.8) is 0 Å². The number of rotatable bonds is 3. The fourth-order valence-electron chi connectivity index (χ4n) is 2.64. The third kappa shape index (κ3) is 3.98. The molecule has 2 amide bonds. The molecular weight excluding hydrogens is 376 g/mol. The van der Waals surface area contributed by atoms with Gasteiger partial charge in [0.05, 0.1) is 18.5 Å². The minimum Gasteiger partial charge on any atom is -0.495 e. The maximum atomic E-state index is 12.2. The maximum absolute atomic E-state index is 12.2. The Hall–Kier alpha value is -2.16. The lowest BCUT2D eigenvalue weighted by Crippen LogP contribution is -2.29. The molecule has 2 heterocycles. The number of nitrogens with zero attached hydrogens (tertiary/aromatic N) is 2. The van der Waals surface area contributed by atoms with Crippen molar-refractivity contribution in [1.82, 2.24) is 9.88 Å². The summed E-state index contributed by atoms with van der Waals surface area (Å²) in [4.78, 5) is 32.2. The monoisotopic (exact) mass is 394 g/mol. The largest absolute Gasteiger partial charge is 0.495 e. The molecule has 3 rings (SSSR count). The normalized spacial score (nSPS) is 13.8. The molecule has 0 saturated carbocycles. The summed E-state index contributed by atoms with van der Waals surface area (Å²) >= 11 is 7.44. The molecule has 1 aromatic carbocycles. The number of thiazole rings is 1. The molecule has 0 radical (unpaired) electrons. The lowest BCUT2D eigenvalue weighted by atomic mass is 10.2. The standard InChI is InChI=1S/C17H19ClN4O3S/c1-9-6-12(13(25-3)7-10(9)18)19-15(23)16(24)21-17-20-11-4-5-22(2)8-14(11)26-17/h6-7H,4-5,8H2,1-3H3,(H,19,23)(H,20,21,24). The summed E-state index contributed by atoms with van der Waals surface area (Å²) in [5, 5.41) is 6.07. The molecule has 26 heavy (non-hydrogen) atoms. The average molecular weight is 395 g/mol. The maximum Gasteiger partial charge on any atom is 0.315 e. The highest BCUT2D eigenvalue weighted by Crippen LogP contribution is 2.31. The number of benzene rings is 1. The Morgan fingerprint density at radius 2 is 2.04 bits per heavy atom. The highest BCUT2D eigenvalue weighted by molar-refractivity contribution is 7.16. The molecule has 1 aliphatic rings. The Bertz CT molecular complexity index is 868. The second-order valence-electron chi connectivity index (χ2n) is 6.09. The molecule has 0 atom stereocenters. The molecule has 138 valence electrons. The van der Waals surface area contributed by atoms with Crippen molar-refractivity contribution in [3.05, 3.63) is 33.3 Å². The Balaban J connectivity index is 1.69. The SMILES string of the molecule is COc1cc(Cl)c(C)cc1NC(=O)C(=O)Nc1nc2c(s1)CN(C)CC2. The number of nitrogens with one attached hydrogen (secondary N) is 2. The molecule has 2 N–H and O–H groups in total. The number of anilines is 2. The predicted molar refractivity (Wildman–Crippen MR) is 102 cm³/mol. The van der Waals surface area contributed by atoms with E-state index < -0.39 is 11.8 Å². The van der Waals surface area contributed by atoms with Gasteiger partial charge in [0, 0.05) is 35.5 Å². The molecule has 2 aromatic rings. The number of hydrogen-bond acceptors (Lipinski definition) is 6. The van der Waals surface area contributed by atoms with Gasteiger partial charge >= 0.3 is 11.8 Å². The Kier molecular flexibility index (Phi) is 5.45. The van der Waals surface area contributed by atoms with E-state index in [2.05, 4.69) is 20.5 Å². The number of carbonyl (C=O) groups excluding carboxylic acids is 2. The van der Waals surface area contributed by atoms with Crippen molar-refractivity contribution in [2.45, 2.75) is 19.9 Å². The molecule has 1 aliphatic heterocycles. The second-order valence-corrected chi connectivity index (χ2v) is 7.58. The van der Waals surface area contributed by atoms with Gasteiger partial charge in [-0.3, -0.25) is 14.9 Å². The van der Waals surface area contributed by atoms with Crippen LogP contribution in [0.1, 0.15) is 16.1 Å². The van der Waals surface area contributed by atoms with Crippen LogP contribution in [0.5, 0.6) is 5.75 Å². The molecular formula is C17H19ClN4O3S. The van der Waals surface area contributed by atoms with Crippen molar-refractivity contribution < 1.29 is 14.3 Å². The fourth-order valence-corrected chi connectivity index (χ4v) is 3.88. The van der Waals surface area contributed by atoms with Gasteiger partial charge in [0.15, 0.2) is 5.13 Å². The van der Waals surface area contributed by atoms with Crippen LogP contribution in [0, 0.1) is 6.92 Å². The van der Waals surface area contributed by atoms with Crippen LogP contribution in [0.3, 0.4) is 0 Å². The first-order chi connectivity index (χ1) is 12.4. The zero-order chi connectivity index (χ0) is 18.8. The molecule has 7 nitrogen and oxygen atoms in total. The molecule has 0 aliphatic carbocycles. The summed E-state index contributed by atoms with van der Waals surface area (Å²) in [6.07, 6.45) is 0.839. The second kappa shape index (κ2) is 7.61. The zero-order valence-electron chi connectivity index (χ0n) is 14.7. The number of fused-ring (bicyclic) bond motifs is 1. The number of hydrogen-bond donors (Lipinski definition) is 2. The van der Waals surface area contributed by atoms with E-state index in [4.69, 9.17) is 16.3 Å². The van der Waals surface area contributed by atoms with Crippen LogP contribution >= 0.6 is 22.9 Å². The predicted octanol–water partition coefficient (Wildman–Crippen LogP) is 2.68. The van der Waals surface area contributed by atoms with Gasteiger partial charge in [-0.05, 0) is 25.6 Å². The molecule has 9 heteroatoms. The quantitative estimate of drug-likeness (QED) is 0.782. The van der Waals surface area contributed by atoms with Crippen LogP contribution in [-0.4, -0.2) is 42.4 Å². The third-order valence-corrected chi connectivity index (χ3v) is 5.48. The number of methoxy groups -OCH3 is 1. The van der Waals surface area contributed by atoms with Gasteiger partial charge in [-0.25, -0.2) is 4.98 Å². The summed E-state index contributed by atoms with van der Waals surface area (Å²) in [5.74, 6) is -1.19. The minimum absolute atomic E-state index is 0.384. The molecule has 0 saturated heterocycles. The Morgan fingerprint density at radius 1 is 1.31 bits per heavy atom. The lowest BCUT2D eigenvalue weighted by Gasteiger charge is -2.20. The van der Waals surface area contributed by atoms with E-state index in [0.717, 1.165) is 35.6 Å². The number of carbonyl (C=O) groups is 2. The summed E-state index contributed by atoms with van der Waals surface area (Å²) < 4.78 is 5.20. The van der Waals surface area contributed by atoms with Crippen LogP contribution in [0.15, 0.2) is 12.1 Å². The molecule has 0 spiro atoms. The Morgan fingerprint density at radius 3 is 2.77 bits per heavy atom. The van der Waals surface area contributed by atoms with Crippen LogP contribution in [0.25, 0.3) is 0 Å². The summed E-state index contributed by atoms with van der Waals surface area (Å²) in [6.45, 7) is 3.53. The van der Waals surface area contributed by atoms with Gasteiger partial charge in [-0.15, -0.1) is 11.3 Å². The van der Waals surface area contributed by atoms with E-state index in [1.54, 1.807) is 19.1 Å². The van der Waals surface area contributed by atoms with Gasteiger partial charge in [-0.2, -0.15) is 0 Å².